The Bertz CT molecular complexity index is 1770. The third-order valence-electron chi connectivity index (χ3n) is 9.51. The molecule has 0 fully saturated rings. The number of benzene rings is 4. The van der Waals surface area contributed by atoms with Crippen molar-refractivity contribution < 1.29 is 4.42 Å². The van der Waals surface area contributed by atoms with Crippen molar-refractivity contribution in [1.29, 1.82) is 0 Å². The quantitative estimate of drug-likeness (QED) is 0.165. The van der Waals surface area contributed by atoms with E-state index in [0.717, 1.165) is 17.7 Å². The maximum atomic E-state index is 6.86. The van der Waals surface area contributed by atoms with Crippen LogP contribution < -0.4 is 26.4 Å². The van der Waals surface area contributed by atoms with Crippen LogP contribution in [0.2, 0.25) is 0 Å². The third-order valence-corrected chi connectivity index (χ3v) is 9.51. The number of hydrogen-bond acceptors (Lipinski definition) is 3. The fraction of sp³-hybridized carbons (Fsp3) is 0.278. The Morgan fingerprint density at radius 2 is 1.65 bits per heavy atom. The highest BCUT2D eigenvalue weighted by Crippen LogP contribution is 2.51. The fourth-order valence-electron chi connectivity index (χ4n) is 7.86. The zero-order chi connectivity index (χ0) is 27.0. The van der Waals surface area contributed by atoms with Gasteiger partial charge in [-0.05, 0) is 85.1 Å². The molecule has 1 unspecified atom stereocenters. The van der Waals surface area contributed by atoms with Crippen LogP contribution in [0.25, 0.3) is 11.0 Å². The van der Waals surface area contributed by atoms with Crippen LogP contribution in [0.5, 0.6) is 0 Å². The molecule has 3 aliphatic rings. The largest absolute Gasteiger partial charge is 0.468 e. The molecule has 40 heavy (non-hydrogen) atoms. The molecule has 1 atom stereocenters. The molecule has 0 saturated heterocycles. The van der Waals surface area contributed by atoms with Gasteiger partial charge in [-0.15, -0.1) is 0 Å². The number of nitrogens with zero attached hydrogens (tertiary/aromatic N) is 2. The van der Waals surface area contributed by atoms with Gasteiger partial charge in [-0.3, -0.25) is 0 Å². The van der Waals surface area contributed by atoms with Crippen LogP contribution in [0.15, 0.2) is 89.3 Å². The second-order valence-corrected chi connectivity index (χ2v) is 12.3. The summed E-state index contributed by atoms with van der Waals surface area (Å²) in [6, 6.07) is 31.2. The molecule has 198 valence electrons. The van der Waals surface area contributed by atoms with Crippen LogP contribution in [0.3, 0.4) is 0 Å². The summed E-state index contributed by atoms with van der Waals surface area (Å²) in [5.74, 6) is 0. The highest BCUT2D eigenvalue weighted by molar-refractivity contribution is 7.00. The number of unbranched alkanes of at least 4 members (excludes halogenated alkanes) is 3. The van der Waals surface area contributed by atoms with Crippen LogP contribution in [-0.2, 0) is 6.42 Å². The minimum atomic E-state index is 0.0600. The third kappa shape index (κ3) is 3.25. The smallest absolute Gasteiger partial charge is 0.297 e. The van der Waals surface area contributed by atoms with Crippen molar-refractivity contribution >= 4 is 62.7 Å². The predicted molar refractivity (Wildman–Crippen MR) is 170 cm³/mol. The first-order valence-electron chi connectivity index (χ1n) is 15.0. The highest BCUT2D eigenvalue weighted by Gasteiger charge is 2.52. The topological polar surface area (TPSA) is 19.6 Å². The molecule has 0 spiro atoms. The molecule has 0 amide bonds. The van der Waals surface area contributed by atoms with Crippen molar-refractivity contribution in [3.63, 3.8) is 0 Å². The van der Waals surface area contributed by atoms with Crippen molar-refractivity contribution in [1.82, 2.24) is 0 Å². The van der Waals surface area contributed by atoms with Gasteiger partial charge in [0.1, 0.15) is 5.58 Å². The number of hydrogen-bond donors (Lipinski definition) is 0. The van der Waals surface area contributed by atoms with Crippen LogP contribution >= 0.6 is 0 Å². The minimum Gasteiger partial charge on any atom is -0.468 e. The summed E-state index contributed by atoms with van der Waals surface area (Å²) in [5.41, 5.74) is 14.0. The number of aryl methyl sites for hydroxylation is 1. The van der Waals surface area contributed by atoms with Crippen molar-refractivity contribution in [2.45, 2.75) is 64.8 Å². The Morgan fingerprint density at radius 1 is 0.850 bits per heavy atom. The average molecular weight is 523 g/mol. The van der Waals surface area contributed by atoms with Gasteiger partial charge in [-0.1, -0.05) is 81.1 Å². The van der Waals surface area contributed by atoms with E-state index < -0.39 is 0 Å². The Hall–Kier alpha value is -3.92. The van der Waals surface area contributed by atoms with Crippen molar-refractivity contribution in [3.8, 4) is 0 Å². The lowest BCUT2D eigenvalue weighted by atomic mass is 9.35. The lowest BCUT2D eigenvalue weighted by molar-refractivity contribution is 0.419. The number of rotatable bonds is 6. The summed E-state index contributed by atoms with van der Waals surface area (Å²) in [6.45, 7) is 7.13. The summed E-state index contributed by atoms with van der Waals surface area (Å²) in [6.07, 6.45) is 7.46. The molecule has 0 saturated carbocycles. The van der Waals surface area contributed by atoms with E-state index in [1.807, 2.05) is 0 Å². The van der Waals surface area contributed by atoms with Crippen LogP contribution in [-0.4, -0.2) is 12.3 Å². The van der Waals surface area contributed by atoms with Gasteiger partial charge < -0.3 is 14.2 Å². The Morgan fingerprint density at radius 3 is 2.50 bits per heavy atom. The van der Waals surface area contributed by atoms with E-state index in [-0.39, 0.29) is 12.3 Å². The lowest BCUT2D eigenvalue weighted by Gasteiger charge is -2.46. The van der Waals surface area contributed by atoms with E-state index in [4.69, 9.17) is 4.42 Å². The molecule has 1 aromatic heterocycles. The Labute approximate surface area is 237 Å². The van der Waals surface area contributed by atoms with Gasteiger partial charge in [-0.2, -0.15) is 0 Å². The van der Waals surface area contributed by atoms with Crippen molar-refractivity contribution in [2.75, 3.05) is 9.80 Å². The maximum absolute atomic E-state index is 6.86. The zero-order valence-electron chi connectivity index (χ0n) is 23.7. The number of fused-ring (bicyclic) bond motifs is 6. The molecule has 3 nitrogen and oxygen atoms in total. The van der Waals surface area contributed by atoms with E-state index in [1.165, 1.54) is 88.0 Å². The molecule has 0 radical (unpaired) electrons. The second-order valence-electron chi connectivity index (χ2n) is 12.3. The van der Waals surface area contributed by atoms with Crippen molar-refractivity contribution in [3.05, 3.63) is 96.1 Å². The summed E-state index contributed by atoms with van der Waals surface area (Å²) < 4.78 is 6.86. The normalized spacial score (nSPS) is 18.2. The molecule has 8 rings (SSSR count). The molecule has 5 aromatic rings. The summed E-state index contributed by atoms with van der Waals surface area (Å²) >= 11 is 0. The standard InChI is InChI=1S/C36H35BN2O/c1-4-5-6-12-20-36(3)23-25-14-13-18-28-33(25)39(36)30-22-24(2)21-29-32(30)37(28)35-34(27-17-10-11-19-31(27)40-35)38(29)26-15-8-7-9-16-26/h7-11,13-19,21-22H,4-6,12,20,23H2,1-3H3. The lowest BCUT2D eigenvalue weighted by Crippen LogP contribution is -2.62. The van der Waals surface area contributed by atoms with Gasteiger partial charge >= 0.3 is 0 Å². The Balaban J connectivity index is 1.42. The van der Waals surface area contributed by atoms with Gasteiger partial charge in [0.2, 0.25) is 0 Å². The van der Waals surface area contributed by atoms with Gasteiger partial charge in [-0.25, -0.2) is 0 Å². The van der Waals surface area contributed by atoms with Crippen LogP contribution in [0, 0.1) is 6.92 Å². The summed E-state index contributed by atoms with van der Waals surface area (Å²) in [4.78, 5) is 5.20. The molecule has 0 bridgehead atoms. The first-order chi connectivity index (χ1) is 19.6. The van der Waals surface area contributed by atoms with Crippen LogP contribution in [0.4, 0.5) is 28.4 Å². The first-order valence-corrected chi connectivity index (χ1v) is 15.0. The van der Waals surface area contributed by atoms with E-state index in [9.17, 15) is 0 Å². The average Bonchev–Trinajstić information content (AvgIpc) is 3.49. The molecule has 4 aromatic carbocycles. The van der Waals surface area contributed by atoms with E-state index in [1.54, 1.807) is 0 Å². The van der Waals surface area contributed by atoms with E-state index >= 15 is 0 Å². The molecular formula is C36H35BN2O. The van der Waals surface area contributed by atoms with Gasteiger partial charge in [0.15, 0.2) is 0 Å². The van der Waals surface area contributed by atoms with Gasteiger partial charge in [0.25, 0.3) is 6.71 Å². The molecule has 0 N–H and O–H groups in total. The fourth-order valence-corrected chi connectivity index (χ4v) is 7.86. The highest BCUT2D eigenvalue weighted by atomic mass is 16.3. The maximum Gasteiger partial charge on any atom is 0.297 e. The van der Waals surface area contributed by atoms with Crippen LogP contribution in [0.1, 0.15) is 57.1 Å². The molecule has 4 heteroatoms. The van der Waals surface area contributed by atoms with Crippen molar-refractivity contribution in [2.24, 2.45) is 0 Å². The molecular weight excluding hydrogens is 487 g/mol. The summed E-state index contributed by atoms with van der Waals surface area (Å²) in [5, 5.41) is 1.17. The monoisotopic (exact) mass is 522 g/mol. The SMILES string of the molecule is CCCCCCC1(C)Cc2cccc3c2N1c1cc(C)cc2c1B3c1oc3ccccc3c1N2c1ccccc1. The first kappa shape index (κ1) is 23.9. The Kier molecular flexibility index (Phi) is 5.26. The molecule has 4 heterocycles. The zero-order valence-corrected chi connectivity index (χ0v) is 23.7. The van der Waals surface area contributed by atoms with E-state index in [2.05, 4.69) is 116 Å². The second kappa shape index (κ2) is 8.79. The number of furan rings is 1. The minimum absolute atomic E-state index is 0.0600. The van der Waals surface area contributed by atoms with E-state index in [0.29, 0.717) is 0 Å². The summed E-state index contributed by atoms with van der Waals surface area (Å²) in [7, 11) is 0. The number of para-hydroxylation sites is 3. The molecule has 0 aliphatic carbocycles. The predicted octanol–water partition coefficient (Wildman–Crippen LogP) is 7.78. The van der Waals surface area contributed by atoms with Gasteiger partial charge in [0, 0.05) is 33.7 Å². The number of anilines is 5. The van der Waals surface area contributed by atoms with Gasteiger partial charge in [0.05, 0.1) is 11.3 Å². The molecule has 3 aliphatic heterocycles.